The minimum Gasteiger partial charge on any atom is -0.370 e. The summed E-state index contributed by atoms with van der Waals surface area (Å²) in [7, 11) is 2.05. The van der Waals surface area contributed by atoms with E-state index in [0.29, 0.717) is 13.1 Å². The molecule has 2 aromatic rings. The largest absolute Gasteiger partial charge is 0.370 e. The molecule has 0 aliphatic carbocycles. The number of likely N-dealkylation sites (N-methyl/N-ethyl adjacent to an activating group) is 1. The van der Waals surface area contributed by atoms with Gasteiger partial charge in [0.15, 0.2) is 0 Å². The lowest BCUT2D eigenvalue weighted by Gasteiger charge is -2.28. The molecule has 1 aliphatic heterocycles. The van der Waals surface area contributed by atoms with Crippen LogP contribution in [-0.4, -0.2) is 32.1 Å². The van der Waals surface area contributed by atoms with Crippen LogP contribution in [0.1, 0.15) is 18.5 Å². The number of carbonyl (C=O) groups excluding carboxylic acids is 1. The van der Waals surface area contributed by atoms with E-state index in [-0.39, 0.29) is 23.9 Å². The lowest BCUT2D eigenvalue weighted by Crippen LogP contribution is -2.43. The number of nitrogens with zero attached hydrogens (tertiary/aromatic N) is 1. The van der Waals surface area contributed by atoms with Crippen LogP contribution in [0.25, 0.3) is 0 Å². The molecule has 3 atom stereocenters. The van der Waals surface area contributed by atoms with Crippen LogP contribution in [0.5, 0.6) is 0 Å². The van der Waals surface area contributed by atoms with Crippen molar-refractivity contribution < 1.29 is 4.79 Å². The summed E-state index contributed by atoms with van der Waals surface area (Å²) in [5.74, 6) is -0.0312. The van der Waals surface area contributed by atoms with E-state index in [1.807, 2.05) is 36.4 Å². The van der Waals surface area contributed by atoms with Gasteiger partial charge < -0.3 is 10.2 Å². The maximum atomic E-state index is 12.7. The van der Waals surface area contributed by atoms with Crippen molar-refractivity contribution in [3.8, 4) is 0 Å². The number of nitrogens with one attached hydrogen (secondary N) is 3. The molecule has 3 unspecified atom stereocenters. The molecular formula is C20H26N4O. The van der Waals surface area contributed by atoms with Crippen LogP contribution in [-0.2, 0) is 4.79 Å². The Morgan fingerprint density at radius 3 is 2.48 bits per heavy atom. The topological polar surface area (TPSA) is 56.4 Å². The molecule has 0 spiro atoms. The van der Waals surface area contributed by atoms with Gasteiger partial charge in [-0.25, -0.2) is 5.43 Å². The molecule has 3 rings (SSSR count). The normalized spacial score (nSPS) is 20.9. The summed E-state index contributed by atoms with van der Waals surface area (Å²) >= 11 is 0. The highest BCUT2D eigenvalue weighted by Crippen LogP contribution is 2.24. The molecule has 0 saturated carbocycles. The molecule has 0 bridgehead atoms. The second kappa shape index (κ2) is 8.14. The van der Waals surface area contributed by atoms with E-state index in [1.165, 1.54) is 0 Å². The number of rotatable bonds is 6. The average Bonchev–Trinajstić information content (AvgIpc) is 3.16. The Morgan fingerprint density at radius 2 is 1.80 bits per heavy atom. The number of para-hydroxylation sites is 1. The van der Waals surface area contributed by atoms with Crippen molar-refractivity contribution in [1.82, 2.24) is 16.2 Å². The predicted octanol–water partition coefficient (Wildman–Crippen LogP) is 2.09. The molecule has 2 aromatic carbocycles. The smallest absolute Gasteiger partial charge is 0.226 e. The lowest BCUT2D eigenvalue weighted by atomic mass is 9.94. The number of hydrazine groups is 1. The van der Waals surface area contributed by atoms with Crippen LogP contribution in [0.2, 0.25) is 0 Å². The summed E-state index contributed by atoms with van der Waals surface area (Å²) in [4.78, 5) is 14.9. The molecule has 0 aromatic heterocycles. The molecule has 1 saturated heterocycles. The standard InChI is InChI=1S/C20H26N4O/c1-15(24(2)17-11-7-4-8-12-17)13-21-20(25)18-14-22-23-19(18)16-9-5-3-6-10-16/h3-12,15,18-19,22-23H,13-14H2,1-2H3,(H,21,25). The molecule has 5 heteroatoms. The Balaban J connectivity index is 1.57. The summed E-state index contributed by atoms with van der Waals surface area (Å²) in [5, 5.41) is 3.11. The second-order valence-electron chi connectivity index (χ2n) is 6.56. The van der Waals surface area contributed by atoms with Crippen LogP contribution < -0.4 is 21.1 Å². The highest BCUT2D eigenvalue weighted by atomic mass is 16.2. The van der Waals surface area contributed by atoms with E-state index in [0.717, 1.165) is 11.3 Å². The van der Waals surface area contributed by atoms with E-state index < -0.39 is 0 Å². The summed E-state index contributed by atoms with van der Waals surface area (Å²) < 4.78 is 0. The number of anilines is 1. The molecular weight excluding hydrogens is 312 g/mol. The number of amides is 1. The van der Waals surface area contributed by atoms with Crippen LogP contribution in [0.15, 0.2) is 60.7 Å². The van der Waals surface area contributed by atoms with Crippen molar-refractivity contribution in [2.24, 2.45) is 5.92 Å². The monoisotopic (exact) mass is 338 g/mol. The van der Waals surface area contributed by atoms with Crippen molar-refractivity contribution in [3.05, 3.63) is 66.2 Å². The van der Waals surface area contributed by atoms with Crippen molar-refractivity contribution in [2.45, 2.75) is 19.0 Å². The van der Waals surface area contributed by atoms with Gasteiger partial charge in [-0.3, -0.25) is 10.2 Å². The van der Waals surface area contributed by atoms with Crippen molar-refractivity contribution in [1.29, 1.82) is 0 Å². The van der Waals surface area contributed by atoms with Crippen molar-refractivity contribution in [3.63, 3.8) is 0 Å². The van der Waals surface area contributed by atoms with Crippen LogP contribution in [0, 0.1) is 5.92 Å². The van der Waals surface area contributed by atoms with E-state index in [2.05, 4.69) is 59.3 Å². The van der Waals surface area contributed by atoms with Crippen molar-refractivity contribution in [2.75, 3.05) is 25.0 Å². The number of hydrogen-bond acceptors (Lipinski definition) is 4. The first-order valence-electron chi connectivity index (χ1n) is 8.75. The van der Waals surface area contributed by atoms with Crippen molar-refractivity contribution >= 4 is 11.6 Å². The van der Waals surface area contributed by atoms with Gasteiger partial charge in [0.25, 0.3) is 0 Å². The minimum absolute atomic E-state index is 0.00311. The molecule has 1 fully saturated rings. The SMILES string of the molecule is CC(CNC(=O)C1CNNC1c1ccccc1)N(C)c1ccccc1. The third kappa shape index (κ3) is 4.18. The molecule has 5 nitrogen and oxygen atoms in total. The van der Waals surface area contributed by atoms with Gasteiger partial charge in [0.1, 0.15) is 0 Å². The maximum absolute atomic E-state index is 12.7. The fraction of sp³-hybridized carbons (Fsp3) is 0.350. The zero-order chi connectivity index (χ0) is 17.6. The number of benzene rings is 2. The Hall–Kier alpha value is -2.37. The fourth-order valence-corrected chi connectivity index (χ4v) is 3.15. The Bertz CT molecular complexity index is 677. The third-order valence-electron chi connectivity index (χ3n) is 4.87. The van der Waals surface area contributed by atoms with E-state index in [4.69, 9.17) is 0 Å². The zero-order valence-corrected chi connectivity index (χ0v) is 14.8. The van der Waals surface area contributed by atoms with Gasteiger partial charge in [-0.2, -0.15) is 0 Å². The summed E-state index contributed by atoms with van der Waals surface area (Å²) in [6.45, 7) is 3.36. The first kappa shape index (κ1) is 17.5. The highest BCUT2D eigenvalue weighted by Gasteiger charge is 2.33. The highest BCUT2D eigenvalue weighted by molar-refractivity contribution is 5.80. The van der Waals surface area contributed by atoms with Gasteiger partial charge in [-0.05, 0) is 24.6 Å². The quantitative estimate of drug-likeness (QED) is 0.755. The summed E-state index contributed by atoms with van der Waals surface area (Å²) in [6.07, 6.45) is 0. The van der Waals surface area contributed by atoms with Gasteiger partial charge in [-0.1, -0.05) is 48.5 Å². The molecule has 132 valence electrons. The van der Waals surface area contributed by atoms with Crippen LogP contribution in [0.3, 0.4) is 0 Å². The summed E-state index contributed by atoms with van der Waals surface area (Å²) in [6, 6.07) is 20.5. The first-order valence-corrected chi connectivity index (χ1v) is 8.75. The molecule has 1 aliphatic rings. The Kier molecular flexibility index (Phi) is 5.68. The van der Waals surface area contributed by atoms with Gasteiger partial charge in [0.2, 0.25) is 5.91 Å². The summed E-state index contributed by atoms with van der Waals surface area (Å²) in [5.41, 5.74) is 8.61. The van der Waals surface area contributed by atoms with Gasteiger partial charge >= 0.3 is 0 Å². The molecule has 0 radical (unpaired) electrons. The van der Waals surface area contributed by atoms with E-state index in [9.17, 15) is 4.79 Å². The molecule has 1 amide bonds. The zero-order valence-electron chi connectivity index (χ0n) is 14.8. The first-order chi connectivity index (χ1) is 12.2. The maximum Gasteiger partial charge on any atom is 0.226 e. The van der Waals surface area contributed by atoms with Crippen LogP contribution >= 0.6 is 0 Å². The Morgan fingerprint density at radius 1 is 1.16 bits per heavy atom. The van der Waals surface area contributed by atoms with Crippen LogP contribution in [0.4, 0.5) is 5.69 Å². The van der Waals surface area contributed by atoms with Gasteiger partial charge in [-0.15, -0.1) is 0 Å². The number of hydrogen-bond donors (Lipinski definition) is 3. The third-order valence-corrected chi connectivity index (χ3v) is 4.87. The number of carbonyl (C=O) groups is 1. The fourth-order valence-electron chi connectivity index (χ4n) is 3.15. The molecule has 3 N–H and O–H groups in total. The molecule has 1 heterocycles. The van der Waals surface area contributed by atoms with Gasteiger partial charge in [0.05, 0.1) is 12.0 Å². The minimum atomic E-state index is -0.114. The molecule has 25 heavy (non-hydrogen) atoms. The second-order valence-corrected chi connectivity index (χ2v) is 6.56. The van der Waals surface area contributed by atoms with E-state index >= 15 is 0 Å². The van der Waals surface area contributed by atoms with E-state index in [1.54, 1.807) is 0 Å². The average molecular weight is 338 g/mol. The Labute approximate surface area is 149 Å². The van der Waals surface area contributed by atoms with Gasteiger partial charge in [0, 0.05) is 31.9 Å². The predicted molar refractivity (Wildman–Crippen MR) is 101 cm³/mol. The lowest BCUT2D eigenvalue weighted by molar-refractivity contribution is -0.125.